The van der Waals surface area contributed by atoms with Crippen LogP contribution in [0.3, 0.4) is 0 Å². The van der Waals surface area contributed by atoms with Gasteiger partial charge in [0.25, 0.3) is 0 Å². The zero-order valence-electron chi connectivity index (χ0n) is 22.2. The van der Waals surface area contributed by atoms with Crippen molar-refractivity contribution in [2.45, 2.75) is 38.9 Å². The van der Waals surface area contributed by atoms with Crippen molar-refractivity contribution in [2.24, 2.45) is 0 Å². The fourth-order valence-electron chi connectivity index (χ4n) is 5.39. The van der Waals surface area contributed by atoms with Gasteiger partial charge in [0, 0.05) is 45.7 Å². The number of rotatable bonds is 8. The molecule has 0 unspecified atom stereocenters. The van der Waals surface area contributed by atoms with Gasteiger partial charge in [-0.15, -0.1) is 0 Å². The van der Waals surface area contributed by atoms with Gasteiger partial charge in [-0.25, -0.2) is 14.2 Å². The lowest BCUT2D eigenvalue weighted by Gasteiger charge is -2.32. The van der Waals surface area contributed by atoms with E-state index in [9.17, 15) is 14.4 Å². The van der Waals surface area contributed by atoms with Crippen LogP contribution in [-0.4, -0.2) is 57.2 Å². The Morgan fingerprint density at radius 2 is 1.36 bits per heavy atom. The molecule has 0 saturated carbocycles. The summed E-state index contributed by atoms with van der Waals surface area (Å²) in [7, 11) is 0. The summed E-state index contributed by atoms with van der Waals surface area (Å²) < 4.78 is 8.63. The zero-order chi connectivity index (χ0) is 27.2. The maximum atomic E-state index is 13.1. The molecule has 0 bridgehead atoms. The van der Waals surface area contributed by atoms with Crippen LogP contribution in [0.5, 0.6) is 0 Å². The minimum Gasteiger partial charge on any atom is -0.448 e. The van der Waals surface area contributed by atoms with E-state index in [0.717, 1.165) is 18.6 Å². The first-order chi connectivity index (χ1) is 19.0. The quantitative estimate of drug-likeness (QED) is 0.325. The Kier molecular flexibility index (Phi) is 8.22. The molecule has 1 aromatic heterocycles. The standard InChI is InChI=1S/C31H34N4O4/c1-24(36)34-28-14-8-9-15-29(28)35(30(34)37)27-16-18-33(19-17-27)31(38)39-21-20-32(22-25-10-4-2-5-11-25)23-26-12-6-3-7-13-26/h2-15,27H,16-23H2,1H3. The lowest BCUT2D eigenvalue weighted by molar-refractivity contribution is 0.0769. The van der Waals surface area contributed by atoms with Crippen LogP contribution in [0.25, 0.3) is 11.0 Å². The SMILES string of the molecule is CC(=O)n1c(=O)n(C2CCN(C(=O)OCCN(Cc3ccccc3)Cc3ccccc3)CC2)c2ccccc21. The number of imidazole rings is 1. The molecule has 39 heavy (non-hydrogen) atoms. The van der Waals surface area contributed by atoms with Crippen molar-refractivity contribution >= 4 is 23.0 Å². The maximum Gasteiger partial charge on any atom is 0.409 e. The van der Waals surface area contributed by atoms with Crippen LogP contribution in [0, 0.1) is 0 Å². The van der Waals surface area contributed by atoms with Crippen molar-refractivity contribution in [1.82, 2.24) is 18.9 Å². The van der Waals surface area contributed by atoms with E-state index >= 15 is 0 Å². The molecule has 5 rings (SSSR count). The molecule has 0 aliphatic carbocycles. The van der Waals surface area contributed by atoms with Crippen LogP contribution in [0.2, 0.25) is 0 Å². The molecule has 0 spiro atoms. The number of hydrogen-bond acceptors (Lipinski definition) is 5. The smallest absolute Gasteiger partial charge is 0.409 e. The van der Waals surface area contributed by atoms with Crippen molar-refractivity contribution in [3.63, 3.8) is 0 Å². The highest BCUT2D eigenvalue weighted by molar-refractivity contribution is 5.89. The highest BCUT2D eigenvalue weighted by atomic mass is 16.6. The predicted octanol–water partition coefficient (Wildman–Crippen LogP) is 4.94. The first kappa shape index (κ1) is 26.4. The summed E-state index contributed by atoms with van der Waals surface area (Å²) in [6.45, 7) is 4.83. The van der Waals surface area contributed by atoms with Crippen LogP contribution >= 0.6 is 0 Å². The maximum absolute atomic E-state index is 13.1. The molecule has 8 heteroatoms. The normalized spacial score (nSPS) is 14.2. The van der Waals surface area contributed by atoms with Crippen LogP contribution in [0.4, 0.5) is 4.79 Å². The number of likely N-dealkylation sites (tertiary alicyclic amines) is 1. The Balaban J connectivity index is 1.17. The Morgan fingerprint density at radius 3 is 1.92 bits per heavy atom. The van der Waals surface area contributed by atoms with E-state index in [-0.39, 0.29) is 23.7 Å². The van der Waals surface area contributed by atoms with Gasteiger partial charge in [-0.05, 0) is 36.1 Å². The second-order valence-corrected chi connectivity index (χ2v) is 10.0. The molecule has 1 fully saturated rings. The third-order valence-electron chi connectivity index (χ3n) is 7.31. The summed E-state index contributed by atoms with van der Waals surface area (Å²) in [4.78, 5) is 42.1. The fraction of sp³-hybridized carbons (Fsp3) is 0.323. The first-order valence-corrected chi connectivity index (χ1v) is 13.5. The van der Waals surface area contributed by atoms with Gasteiger partial charge < -0.3 is 9.64 Å². The molecule has 1 saturated heterocycles. The average molecular weight is 527 g/mol. The lowest BCUT2D eigenvalue weighted by Crippen LogP contribution is -2.42. The summed E-state index contributed by atoms with van der Waals surface area (Å²) in [5.74, 6) is -0.301. The van der Waals surface area contributed by atoms with Crippen LogP contribution < -0.4 is 5.69 Å². The van der Waals surface area contributed by atoms with E-state index < -0.39 is 0 Å². The van der Waals surface area contributed by atoms with E-state index in [1.54, 1.807) is 15.5 Å². The van der Waals surface area contributed by atoms with Crippen LogP contribution in [-0.2, 0) is 17.8 Å². The highest BCUT2D eigenvalue weighted by Gasteiger charge is 2.28. The van der Waals surface area contributed by atoms with Gasteiger partial charge in [0.15, 0.2) is 0 Å². The zero-order valence-corrected chi connectivity index (χ0v) is 22.2. The fourth-order valence-corrected chi connectivity index (χ4v) is 5.39. The summed E-state index contributed by atoms with van der Waals surface area (Å²) in [6.07, 6.45) is 0.913. The number of carbonyl (C=O) groups is 2. The van der Waals surface area contributed by atoms with Gasteiger partial charge in [-0.2, -0.15) is 0 Å². The number of fused-ring (bicyclic) bond motifs is 1. The molecular weight excluding hydrogens is 492 g/mol. The number of ether oxygens (including phenoxy) is 1. The average Bonchev–Trinajstić information content (AvgIpc) is 3.26. The van der Waals surface area contributed by atoms with Gasteiger partial charge >= 0.3 is 11.8 Å². The van der Waals surface area contributed by atoms with Crippen LogP contribution in [0.15, 0.2) is 89.7 Å². The van der Waals surface area contributed by atoms with Crippen molar-refractivity contribution in [1.29, 1.82) is 0 Å². The van der Waals surface area contributed by atoms with Crippen molar-refractivity contribution < 1.29 is 14.3 Å². The number of aromatic nitrogens is 2. The molecular formula is C31H34N4O4. The summed E-state index contributed by atoms with van der Waals surface area (Å²) in [5, 5.41) is 0. The van der Waals surface area contributed by atoms with Gasteiger partial charge in [0.2, 0.25) is 5.91 Å². The van der Waals surface area contributed by atoms with E-state index in [1.807, 2.05) is 54.6 Å². The minimum absolute atomic E-state index is 0.0840. The molecule has 1 amide bonds. The Morgan fingerprint density at radius 1 is 0.821 bits per heavy atom. The van der Waals surface area contributed by atoms with Crippen molar-refractivity contribution in [2.75, 3.05) is 26.2 Å². The molecule has 202 valence electrons. The van der Waals surface area contributed by atoms with Crippen molar-refractivity contribution in [3.05, 3.63) is 107 Å². The van der Waals surface area contributed by atoms with E-state index in [0.29, 0.717) is 44.6 Å². The molecule has 0 N–H and O–H groups in total. The van der Waals surface area contributed by atoms with Gasteiger partial charge in [0.05, 0.1) is 11.0 Å². The Hall–Kier alpha value is -4.17. The van der Waals surface area contributed by atoms with E-state index in [2.05, 4.69) is 29.2 Å². The largest absolute Gasteiger partial charge is 0.448 e. The molecule has 1 aliphatic rings. The third kappa shape index (κ3) is 6.12. The van der Waals surface area contributed by atoms with Crippen molar-refractivity contribution in [3.8, 4) is 0 Å². The Labute approximate surface area is 228 Å². The van der Waals surface area contributed by atoms with E-state index in [4.69, 9.17) is 4.74 Å². The van der Waals surface area contributed by atoms with Gasteiger partial charge in [0.1, 0.15) is 6.61 Å². The molecule has 3 aromatic carbocycles. The van der Waals surface area contributed by atoms with Gasteiger partial charge in [-0.3, -0.25) is 14.3 Å². The highest BCUT2D eigenvalue weighted by Crippen LogP contribution is 2.26. The van der Waals surface area contributed by atoms with E-state index in [1.165, 1.54) is 22.6 Å². The van der Waals surface area contributed by atoms with Gasteiger partial charge in [-0.1, -0.05) is 72.8 Å². The Bertz CT molecular complexity index is 1430. The molecule has 4 aromatic rings. The number of benzene rings is 3. The van der Waals surface area contributed by atoms with Crippen LogP contribution in [0.1, 0.15) is 41.7 Å². The summed E-state index contributed by atoms with van der Waals surface area (Å²) >= 11 is 0. The first-order valence-electron chi connectivity index (χ1n) is 13.5. The number of hydrogen-bond donors (Lipinski definition) is 0. The molecule has 1 aliphatic heterocycles. The number of amides is 1. The lowest BCUT2D eigenvalue weighted by atomic mass is 10.0. The minimum atomic E-state index is -0.327. The third-order valence-corrected chi connectivity index (χ3v) is 7.31. The molecule has 2 heterocycles. The molecule has 0 radical (unpaired) electrons. The number of piperidine rings is 1. The second-order valence-electron chi connectivity index (χ2n) is 10.0. The summed E-state index contributed by atoms with van der Waals surface area (Å²) in [5.41, 5.74) is 3.47. The second kappa shape index (κ2) is 12.1. The summed E-state index contributed by atoms with van der Waals surface area (Å²) in [6, 6.07) is 27.8. The molecule has 8 nitrogen and oxygen atoms in total. The topological polar surface area (TPSA) is 76.8 Å². The predicted molar refractivity (Wildman–Crippen MR) is 151 cm³/mol. The number of carbonyl (C=O) groups excluding carboxylic acids is 2. The number of para-hydroxylation sites is 2. The monoisotopic (exact) mass is 526 g/mol. The molecule has 0 atom stereocenters. The number of nitrogens with zero attached hydrogens (tertiary/aromatic N) is 4.